The number of imidazole rings is 1. The van der Waals surface area contributed by atoms with E-state index in [9.17, 15) is 4.79 Å². The third-order valence-corrected chi connectivity index (χ3v) is 2.56. The fourth-order valence-corrected chi connectivity index (χ4v) is 1.60. The van der Waals surface area contributed by atoms with Gasteiger partial charge in [0.2, 0.25) is 0 Å². The van der Waals surface area contributed by atoms with Gasteiger partial charge in [0.15, 0.2) is 0 Å². The molecule has 2 amide bonds. The average molecular weight is 244 g/mol. The van der Waals surface area contributed by atoms with Crippen LogP contribution in [-0.4, -0.2) is 34.6 Å². The summed E-state index contributed by atoms with van der Waals surface area (Å²) in [6, 6.07) is 9.78. The molecule has 94 valence electrons. The van der Waals surface area contributed by atoms with Crippen molar-refractivity contribution in [2.45, 2.75) is 6.54 Å². The molecule has 0 saturated heterocycles. The lowest BCUT2D eigenvalue weighted by atomic mass is 10.3. The molecule has 0 bridgehead atoms. The third kappa shape index (κ3) is 2.68. The standard InChI is InChI=1S/C13H16N4O/c1-16(2)13(18)15-10-12-14-8-9-17(12)11-6-4-3-5-7-11/h3-9H,10H2,1-2H3,(H,15,18). The van der Waals surface area contributed by atoms with Crippen molar-refractivity contribution in [3.63, 3.8) is 0 Å². The third-order valence-electron chi connectivity index (χ3n) is 2.56. The van der Waals surface area contributed by atoms with Crippen LogP contribution in [0, 0.1) is 0 Å². The van der Waals surface area contributed by atoms with Crippen molar-refractivity contribution < 1.29 is 4.79 Å². The van der Waals surface area contributed by atoms with Gasteiger partial charge >= 0.3 is 6.03 Å². The van der Waals surface area contributed by atoms with Crippen molar-refractivity contribution in [3.05, 3.63) is 48.5 Å². The summed E-state index contributed by atoms with van der Waals surface area (Å²) >= 11 is 0. The maximum atomic E-state index is 11.5. The number of benzene rings is 1. The molecule has 0 radical (unpaired) electrons. The lowest BCUT2D eigenvalue weighted by Gasteiger charge is -2.12. The van der Waals surface area contributed by atoms with Crippen LogP contribution in [-0.2, 0) is 6.54 Å². The van der Waals surface area contributed by atoms with Crippen LogP contribution in [0.3, 0.4) is 0 Å². The molecular formula is C13H16N4O. The van der Waals surface area contributed by atoms with Gasteiger partial charge < -0.3 is 14.8 Å². The van der Waals surface area contributed by atoms with E-state index >= 15 is 0 Å². The molecule has 0 saturated carbocycles. The van der Waals surface area contributed by atoms with Gasteiger partial charge in [-0.25, -0.2) is 9.78 Å². The molecule has 2 aromatic rings. The summed E-state index contributed by atoms with van der Waals surface area (Å²) in [5.74, 6) is 0.802. The Morgan fingerprint density at radius 2 is 2.06 bits per heavy atom. The van der Waals surface area contributed by atoms with Gasteiger partial charge in [-0.2, -0.15) is 0 Å². The first-order valence-corrected chi connectivity index (χ1v) is 5.71. The zero-order chi connectivity index (χ0) is 13.0. The molecule has 5 nitrogen and oxygen atoms in total. The number of carbonyl (C=O) groups excluding carboxylic acids is 1. The van der Waals surface area contributed by atoms with Gasteiger partial charge in [0, 0.05) is 32.2 Å². The van der Waals surface area contributed by atoms with Crippen LogP contribution in [0.4, 0.5) is 4.79 Å². The largest absolute Gasteiger partial charge is 0.331 e. The molecule has 0 aliphatic rings. The molecule has 0 unspecified atom stereocenters. The van der Waals surface area contributed by atoms with Gasteiger partial charge in [0.05, 0.1) is 6.54 Å². The van der Waals surface area contributed by atoms with E-state index in [2.05, 4.69) is 10.3 Å². The maximum Gasteiger partial charge on any atom is 0.317 e. The molecule has 2 rings (SSSR count). The first-order chi connectivity index (χ1) is 8.68. The summed E-state index contributed by atoms with van der Waals surface area (Å²) in [7, 11) is 3.41. The van der Waals surface area contributed by atoms with E-state index in [4.69, 9.17) is 0 Å². The highest BCUT2D eigenvalue weighted by Gasteiger charge is 2.07. The predicted molar refractivity (Wildman–Crippen MR) is 69.5 cm³/mol. The molecule has 0 aliphatic carbocycles. The molecule has 0 aliphatic heterocycles. The smallest absolute Gasteiger partial charge is 0.317 e. The Labute approximate surface area is 106 Å². The van der Waals surface area contributed by atoms with Crippen molar-refractivity contribution in [3.8, 4) is 5.69 Å². The first kappa shape index (κ1) is 12.2. The number of hydrogen-bond acceptors (Lipinski definition) is 2. The summed E-state index contributed by atoms with van der Waals surface area (Å²) < 4.78 is 1.95. The zero-order valence-corrected chi connectivity index (χ0v) is 10.5. The number of para-hydroxylation sites is 1. The number of nitrogens with one attached hydrogen (secondary N) is 1. The molecule has 0 spiro atoms. The van der Waals surface area contributed by atoms with Crippen LogP contribution in [0.1, 0.15) is 5.82 Å². The van der Waals surface area contributed by atoms with Crippen LogP contribution >= 0.6 is 0 Å². The first-order valence-electron chi connectivity index (χ1n) is 5.71. The Morgan fingerprint density at radius 3 is 2.72 bits per heavy atom. The van der Waals surface area contributed by atoms with Crippen molar-refractivity contribution in [2.75, 3.05) is 14.1 Å². The molecule has 1 N–H and O–H groups in total. The normalized spacial score (nSPS) is 10.1. The summed E-state index contributed by atoms with van der Waals surface area (Å²) in [5.41, 5.74) is 1.03. The van der Waals surface area contributed by atoms with Crippen LogP contribution < -0.4 is 5.32 Å². The molecule has 1 aromatic carbocycles. The average Bonchev–Trinajstić information content (AvgIpc) is 2.85. The summed E-state index contributed by atoms with van der Waals surface area (Å²) in [6.07, 6.45) is 3.61. The second-order valence-corrected chi connectivity index (χ2v) is 4.10. The maximum absolute atomic E-state index is 11.5. The molecule has 1 aromatic heterocycles. The predicted octanol–water partition coefficient (Wildman–Crippen LogP) is 1.64. The zero-order valence-electron chi connectivity index (χ0n) is 10.5. The van der Waals surface area contributed by atoms with Crippen molar-refractivity contribution in [2.24, 2.45) is 0 Å². The van der Waals surface area contributed by atoms with E-state index in [1.165, 1.54) is 4.90 Å². The summed E-state index contributed by atoms with van der Waals surface area (Å²) in [5, 5.41) is 2.80. The van der Waals surface area contributed by atoms with Crippen molar-refractivity contribution >= 4 is 6.03 Å². The number of aromatic nitrogens is 2. The molecule has 5 heteroatoms. The summed E-state index contributed by atoms with van der Waals surface area (Å²) in [4.78, 5) is 17.2. The van der Waals surface area contributed by atoms with Gasteiger partial charge in [-0.1, -0.05) is 18.2 Å². The number of hydrogen-bond donors (Lipinski definition) is 1. The number of nitrogens with zero attached hydrogens (tertiary/aromatic N) is 3. The molecule has 1 heterocycles. The minimum atomic E-state index is -0.127. The molecule has 0 atom stereocenters. The van der Waals surface area contributed by atoms with Gasteiger partial charge in [0.1, 0.15) is 5.82 Å². The van der Waals surface area contributed by atoms with E-state index < -0.39 is 0 Å². The second-order valence-electron chi connectivity index (χ2n) is 4.10. The Kier molecular flexibility index (Phi) is 3.62. The van der Waals surface area contributed by atoms with E-state index in [1.807, 2.05) is 41.1 Å². The molecule has 0 fully saturated rings. The Balaban J connectivity index is 2.12. The van der Waals surface area contributed by atoms with Crippen LogP contribution in [0.15, 0.2) is 42.7 Å². The highest BCUT2D eigenvalue weighted by atomic mass is 16.2. The minimum absolute atomic E-state index is 0.127. The van der Waals surface area contributed by atoms with Crippen molar-refractivity contribution in [1.82, 2.24) is 19.8 Å². The highest BCUT2D eigenvalue weighted by Crippen LogP contribution is 2.09. The van der Waals surface area contributed by atoms with E-state index in [1.54, 1.807) is 20.3 Å². The quantitative estimate of drug-likeness (QED) is 0.892. The van der Waals surface area contributed by atoms with E-state index in [-0.39, 0.29) is 6.03 Å². The van der Waals surface area contributed by atoms with Gasteiger partial charge in [-0.05, 0) is 12.1 Å². The monoisotopic (exact) mass is 244 g/mol. The fourth-order valence-electron chi connectivity index (χ4n) is 1.60. The minimum Gasteiger partial charge on any atom is -0.331 e. The Bertz CT molecular complexity index is 519. The van der Waals surface area contributed by atoms with Crippen LogP contribution in [0.2, 0.25) is 0 Å². The van der Waals surface area contributed by atoms with E-state index in [0.717, 1.165) is 11.5 Å². The Morgan fingerprint density at radius 1 is 1.33 bits per heavy atom. The second kappa shape index (κ2) is 5.35. The number of urea groups is 1. The van der Waals surface area contributed by atoms with Crippen LogP contribution in [0.25, 0.3) is 5.69 Å². The van der Waals surface area contributed by atoms with Gasteiger partial charge in [-0.3, -0.25) is 0 Å². The number of rotatable bonds is 3. The Hall–Kier alpha value is -2.30. The summed E-state index contributed by atoms with van der Waals surface area (Å²) in [6.45, 7) is 0.402. The number of amides is 2. The SMILES string of the molecule is CN(C)C(=O)NCc1nccn1-c1ccccc1. The fraction of sp³-hybridized carbons (Fsp3) is 0.231. The molecule has 18 heavy (non-hydrogen) atoms. The van der Waals surface area contributed by atoms with Gasteiger partial charge in [-0.15, -0.1) is 0 Å². The topological polar surface area (TPSA) is 50.2 Å². The molecular weight excluding hydrogens is 228 g/mol. The van der Waals surface area contributed by atoms with Crippen molar-refractivity contribution in [1.29, 1.82) is 0 Å². The lowest BCUT2D eigenvalue weighted by molar-refractivity contribution is 0.216. The lowest BCUT2D eigenvalue weighted by Crippen LogP contribution is -2.34. The number of carbonyl (C=O) groups is 1. The van der Waals surface area contributed by atoms with Crippen LogP contribution in [0.5, 0.6) is 0 Å². The highest BCUT2D eigenvalue weighted by molar-refractivity contribution is 5.73. The van der Waals surface area contributed by atoms with Gasteiger partial charge in [0.25, 0.3) is 0 Å². The van der Waals surface area contributed by atoms with E-state index in [0.29, 0.717) is 6.54 Å².